The molecule has 2 aromatic rings. The van der Waals surface area contributed by atoms with Crippen LogP contribution in [0.25, 0.3) is 0 Å². The van der Waals surface area contributed by atoms with E-state index in [0.29, 0.717) is 0 Å². The number of thioether (sulfide) groups is 1. The number of hydrogen-bond acceptors (Lipinski definition) is 4. The molecule has 0 aliphatic heterocycles. The fourth-order valence-electron chi connectivity index (χ4n) is 1.75. The molecule has 22 heavy (non-hydrogen) atoms. The molecule has 1 aromatic heterocycles. The average molecular weight is 338 g/mol. The first-order valence-electron chi connectivity index (χ1n) is 7.25. The number of carboxylic acid groups (broad SMARTS) is 1. The van der Waals surface area contributed by atoms with Crippen molar-refractivity contribution in [2.45, 2.75) is 42.2 Å². The number of rotatable bonds is 6. The Morgan fingerprint density at radius 1 is 1.27 bits per heavy atom. The summed E-state index contributed by atoms with van der Waals surface area (Å²) >= 11 is 3.26. The van der Waals surface area contributed by atoms with Gasteiger partial charge >= 0.3 is 5.97 Å². The summed E-state index contributed by atoms with van der Waals surface area (Å²) in [5.41, 5.74) is 7.02. The molecule has 3 nitrogen and oxygen atoms in total. The molecule has 3 N–H and O–H groups in total. The van der Waals surface area contributed by atoms with E-state index in [9.17, 15) is 4.79 Å². The van der Waals surface area contributed by atoms with Crippen molar-refractivity contribution >= 4 is 29.1 Å². The Bertz CT molecular complexity index is 529. The van der Waals surface area contributed by atoms with E-state index in [1.54, 1.807) is 23.1 Å². The summed E-state index contributed by atoms with van der Waals surface area (Å²) in [6.45, 7) is 4.02. The van der Waals surface area contributed by atoms with Gasteiger partial charge in [0, 0.05) is 11.3 Å². The Hall–Kier alpha value is -1.30. The lowest BCUT2D eigenvalue weighted by Gasteiger charge is -2.06. The van der Waals surface area contributed by atoms with Gasteiger partial charge in [0.2, 0.25) is 0 Å². The third kappa shape index (κ3) is 7.64. The zero-order chi connectivity index (χ0) is 16.4. The van der Waals surface area contributed by atoms with Crippen LogP contribution in [0.1, 0.15) is 38.3 Å². The smallest absolute Gasteiger partial charge is 0.304 e. The average Bonchev–Trinajstić information content (AvgIpc) is 3.00. The standard InChI is InChI=1S/C9H13N.C8H10O2S2/c1-2-9(10)8-6-4-3-5-7-8;1-6(5-7(9)10)12-8-3-2-4-11-8/h3-7,9H,2,10H2,1H3;2-4,6H,5H2,1H3,(H,9,10)/t;6-/m.0/s1. The molecule has 1 aromatic carbocycles. The summed E-state index contributed by atoms with van der Waals surface area (Å²) in [5.74, 6) is -0.730. The minimum absolute atomic E-state index is 0.154. The molecule has 0 saturated heterocycles. The Morgan fingerprint density at radius 2 is 1.95 bits per heavy atom. The van der Waals surface area contributed by atoms with E-state index in [2.05, 4.69) is 19.1 Å². The fraction of sp³-hybridized carbons (Fsp3) is 0.353. The lowest BCUT2D eigenvalue weighted by Crippen LogP contribution is -2.07. The van der Waals surface area contributed by atoms with Gasteiger partial charge in [-0.25, -0.2) is 0 Å². The molecule has 0 bridgehead atoms. The summed E-state index contributed by atoms with van der Waals surface area (Å²) in [5, 5.41) is 10.7. The van der Waals surface area contributed by atoms with Crippen LogP contribution in [0.15, 0.2) is 52.1 Å². The van der Waals surface area contributed by atoms with Gasteiger partial charge in [-0.2, -0.15) is 0 Å². The molecule has 5 heteroatoms. The second-order valence-electron chi connectivity index (χ2n) is 4.88. The molecule has 0 fully saturated rings. The quantitative estimate of drug-likeness (QED) is 0.743. The van der Waals surface area contributed by atoms with Crippen molar-refractivity contribution in [3.63, 3.8) is 0 Å². The number of aliphatic carboxylic acids is 1. The minimum atomic E-state index is -0.730. The Morgan fingerprint density at radius 3 is 2.45 bits per heavy atom. The SMILES string of the molecule is CCC(N)c1ccccc1.C[C@@H](CC(=O)O)Sc1cccs1. The Labute approximate surface area is 140 Å². The normalized spacial score (nSPS) is 12.9. The van der Waals surface area contributed by atoms with Crippen molar-refractivity contribution in [1.82, 2.24) is 0 Å². The summed E-state index contributed by atoms with van der Waals surface area (Å²) in [6.07, 6.45) is 1.23. The van der Waals surface area contributed by atoms with Crippen LogP contribution in [0, 0.1) is 0 Å². The largest absolute Gasteiger partial charge is 0.481 e. The molecule has 0 radical (unpaired) electrons. The number of hydrogen-bond donors (Lipinski definition) is 2. The third-order valence-electron chi connectivity index (χ3n) is 2.94. The van der Waals surface area contributed by atoms with E-state index in [1.807, 2.05) is 42.6 Å². The topological polar surface area (TPSA) is 63.3 Å². The highest BCUT2D eigenvalue weighted by Gasteiger charge is 2.09. The molecule has 0 spiro atoms. The molecule has 2 rings (SSSR count). The lowest BCUT2D eigenvalue weighted by molar-refractivity contribution is -0.136. The molecular weight excluding hydrogens is 314 g/mol. The summed E-state index contributed by atoms with van der Waals surface area (Å²) in [6, 6.07) is 14.4. The number of carboxylic acids is 1. The van der Waals surface area contributed by atoms with Crippen molar-refractivity contribution in [3.05, 3.63) is 53.4 Å². The van der Waals surface area contributed by atoms with Crippen LogP contribution in [0.2, 0.25) is 0 Å². The molecule has 0 aliphatic carbocycles. The summed E-state index contributed by atoms with van der Waals surface area (Å²) < 4.78 is 1.18. The lowest BCUT2D eigenvalue weighted by atomic mass is 10.1. The van der Waals surface area contributed by atoms with Gasteiger partial charge in [0.1, 0.15) is 0 Å². The van der Waals surface area contributed by atoms with Crippen LogP contribution < -0.4 is 5.73 Å². The minimum Gasteiger partial charge on any atom is -0.481 e. The molecule has 120 valence electrons. The summed E-state index contributed by atoms with van der Waals surface area (Å²) in [4.78, 5) is 10.3. The maximum absolute atomic E-state index is 10.3. The van der Waals surface area contributed by atoms with Crippen LogP contribution in [0.3, 0.4) is 0 Å². The highest BCUT2D eigenvalue weighted by Crippen LogP contribution is 2.28. The van der Waals surface area contributed by atoms with Gasteiger partial charge in [0.25, 0.3) is 0 Å². The van der Waals surface area contributed by atoms with Crippen molar-refractivity contribution in [2.75, 3.05) is 0 Å². The number of carbonyl (C=O) groups is 1. The molecule has 0 saturated carbocycles. The molecular formula is C17H23NO2S2. The number of nitrogens with two attached hydrogens (primary N) is 1. The van der Waals surface area contributed by atoms with Crippen LogP contribution in [0.5, 0.6) is 0 Å². The van der Waals surface area contributed by atoms with E-state index in [1.165, 1.54) is 9.77 Å². The first-order chi connectivity index (χ1) is 10.5. The molecule has 2 atom stereocenters. The Balaban J connectivity index is 0.000000224. The van der Waals surface area contributed by atoms with Gasteiger partial charge in [0.05, 0.1) is 10.6 Å². The maximum Gasteiger partial charge on any atom is 0.304 e. The van der Waals surface area contributed by atoms with Crippen LogP contribution in [-0.2, 0) is 4.79 Å². The fourth-order valence-corrected chi connectivity index (χ4v) is 3.86. The van der Waals surface area contributed by atoms with E-state index in [0.717, 1.165) is 6.42 Å². The van der Waals surface area contributed by atoms with Gasteiger partial charge in [-0.1, -0.05) is 50.2 Å². The third-order valence-corrected chi connectivity index (χ3v) is 5.12. The van der Waals surface area contributed by atoms with Crippen LogP contribution in [-0.4, -0.2) is 16.3 Å². The van der Waals surface area contributed by atoms with Gasteiger partial charge in [-0.15, -0.1) is 23.1 Å². The van der Waals surface area contributed by atoms with Crippen molar-refractivity contribution in [2.24, 2.45) is 5.73 Å². The monoisotopic (exact) mass is 337 g/mol. The molecule has 0 amide bonds. The van der Waals surface area contributed by atoms with Crippen LogP contribution >= 0.6 is 23.1 Å². The highest BCUT2D eigenvalue weighted by molar-refractivity contribution is 8.01. The maximum atomic E-state index is 10.3. The predicted octanol–water partition coefficient (Wildman–Crippen LogP) is 4.80. The van der Waals surface area contributed by atoms with Crippen molar-refractivity contribution in [3.8, 4) is 0 Å². The van der Waals surface area contributed by atoms with Crippen molar-refractivity contribution in [1.29, 1.82) is 0 Å². The zero-order valence-corrected chi connectivity index (χ0v) is 14.6. The van der Waals surface area contributed by atoms with Crippen LogP contribution in [0.4, 0.5) is 0 Å². The number of thiophene rings is 1. The summed E-state index contributed by atoms with van der Waals surface area (Å²) in [7, 11) is 0. The first kappa shape index (κ1) is 18.7. The van der Waals surface area contributed by atoms with Gasteiger partial charge in [0.15, 0.2) is 0 Å². The number of benzene rings is 1. The van der Waals surface area contributed by atoms with Gasteiger partial charge < -0.3 is 10.8 Å². The predicted molar refractivity (Wildman–Crippen MR) is 95.6 cm³/mol. The van der Waals surface area contributed by atoms with E-state index in [-0.39, 0.29) is 17.7 Å². The second-order valence-corrected chi connectivity index (χ2v) is 7.57. The highest BCUT2D eigenvalue weighted by atomic mass is 32.2. The zero-order valence-electron chi connectivity index (χ0n) is 12.9. The van der Waals surface area contributed by atoms with Gasteiger partial charge in [-0.05, 0) is 23.4 Å². The molecule has 0 aliphatic rings. The molecule has 1 unspecified atom stereocenters. The second kappa shape index (κ2) is 10.4. The Kier molecular flexibility index (Phi) is 8.89. The van der Waals surface area contributed by atoms with Gasteiger partial charge in [-0.3, -0.25) is 4.79 Å². The molecule has 1 heterocycles. The van der Waals surface area contributed by atoms with E-state index < -0.39 is 5.97 Å². The van der Waals surface area contributed by atoms with E-state index >= 15 is 0 Å². The van der Waals surface area contributed by atoms with E-state index in [4.69, 9.17) is 10.8 Å². The first-order valence-corrected chi connectivity index (χ1v) is 9.01. The van der Waals surface area contributed by atoms with Crippen molar-refractivity contribution < 1.29 is 9.90 Å².